The van der Waals surface area contributed by atoms with Crippen molar-refractivity contribution in [1.29, 1.82) is 0 Å². The Bertz CT molecular complexity index is 735. The molecule has 2 aliphatic rings. The van der Waals surface area contributed by atoms with Crippen LogP contribution in [0.15, 0.2) is 18.2 Å². The Kier molecular flexibility index (Phi) is 7.14. The number of fused-ring (bicyclic) bond motifs is 1. The van der Waals surface area contributed by atoms with Crippen molar-refractivity contribution >= 4 is 17.5 Å². The van der Waals surface area contributed by atoms with Gasteiger partial charge in [-0.25, -0.2) is 0 Å². The highest BCUT2D eigenvalue weighted by molar-refractivity contribution is 5.99. The third-order valence-corrected chi connectivity index (χ3v) is 5.97. The number of methoxy groups -OCH3 is 1. The van der Waals surface area contributed by atoms with Crippen molar-refractivity contribution in [3.63, 3.8) is 0 Å². The maximum atomic E-state index is 13.2. The summed E-state index contributed by atoms with van der Waals surface area (Å²) in [4.78, 5) is 27.2. The quantitative estimate of drug-likeness (QED) is 0.811. The second-order valence-corrected chi connectivity index (χ2v) is 8.39. The Hall–Kier alpha value is -2.12. The molecule has 3 atom stereocenters. The lowest BCUT2D eigenvalue weighted by Gasteiger charge is -2.30. The molecule has 1 aliphatic heterocycles. The van der Waals surface area contributed by atoms with Crippen LogP contribution < -0.4 is 15.4 Å². The van der Waals surface area contributed by atoms with Crippen LogP contribution >= 0.6 is 0 Å². The molecule has 0 aromatic heterocycles. The zero-order valence-electron chi connectivity index (χ0n) is 17.9. The van der Waals surface area contributed by atoms with Crippen LogP contribution in [0.3, 0.4) is 0 Å². The molecule has 160 valence electrons. The van der Waals surface area contributed by atoms with E-state index in [1.54, 1.807) is 37.3 Å². The number of amides is 2. The third kappa shape index (κ3) is 5.28. The van der Waals surface area contributed by atoms with Crippen molar-refractivity contribution < 1.29 is 19.1 Å². The van der Waals surface area contributed by atoms with Crippen LogP contribution in [0.1, 0.15) is 43.5 Å². The number of nitrogens with zero attached hydrogens (tertiary/aromatic N) is 1. The van der Waals surface area contributed by atoms with Gasteiger partial charge in [-0.15, -0.1) is 0 Å². The Morgan fingerprint density at radius 2 is 2.07 bits per heavy atom. The molecule has 0 spiro atoms. The van der Waals surface area contributed by atoms with Gasteiger partial charge in [-0.1, -0.05) is 13.3 Å². The van der Waals surface area contributed by atoms with E-state index in [2.05, 4.69) is 24.5 Å². The van der Waals surface area contributed by atoms with Crippen molar-refractivity contribution in [2.45, 2.75) is 45.3 Å². The van der Waals surface area contributed by atoms with Crippen LogP contribution in [0.2, 0.25) is 0 Å². The molecule has 0 bridgehead atoms. The van der Waals surface area contributed by atoms with E-state index in [0.717, 1.165) is 25.8 Å². The van der Waals surface area contributed by atoms with E-state index in [1.807, 2.05) is 0 Å². The number of anilines is 1. The molecule has 2 amide bonds. The first-order valence-electron chi connectivity index (χ1n) is 10.5. The molecule has 7 heteroatoms. The van der Waals surface area contributed by atoms with Gasteiger partial charge in [-0.2, -0.15) is 0 Å². The third-order valence-electron chi connectivity index (χ3n) is 5.97. The Morgan fingerprint density at radius 1 is 1.31 bits per heavy atom. The van der Waals surface area contributed by atoms with Crippen molar-refractivity contribution in [3.8, 4) is 5.75 Å². The molecule has 2 N–H and O–H groups in total. The van der Waals surface area contributed by atoms with Gasteiger partial charge in [-0.05, 0) is 43.9 Å². The van der Waals surface area contributed by atoms with Gasteiger partial charge >= 0.3 is 0 Å². The van der Waals surface area contributed by atoms with Gasteiger partial charge in [0.1, 0.15) is 12.4 Å². The molecule has 3 rings (SSSR count). The predicted molar refractivity (Wildman–Crippen MR) is 112 cm³/mol. The van der Waals surface area contributed by atoms with Crippen molar-refractivity contribution in [3.05, 3.63) is 23.8 Å². The van der Waals surface area contributed by atoms with Gasteiger partial charge in [0.05, 0.1) is 11.7 Å². The average Bonchev–Trinajstić information content (AvgIpc) is 2.66. The molecule has 1 saturated carbocycles. The Balaban J connectivity index is 1.85. The largest absolute Gasteiger partial charge is 0.491 e. The minimum atomic E-state index is -0.143. The van der Waals surface area contributed by atoms with Gasteiger partial charge in [0, 0.05) is 44.9 Å². The van der Waals surface area contributed by atoms with E-state index in [-0.39, 0.29) is 35.8 Å². The zero-order chi connectivity index (χ0) is 21.0. The highest BCUT2D eigenvalue weighted by Gasteiger charge is 2.27. The van der Waals surface area contributed by atoms with E-state index in [4.69, 9.17) is 9.47 Å². The summed E-state index contributed by atoms with van der Waals surface area (Å²) in [6, 6.07) is 5.42. The van der Waals surface area contributed by atoms with Crippen LogP contribution in [-0.4, -0.2) is 62.7 Å². The van der Waals surface area contributed by atoms with Crippen LogP contribution in [-0.2, 0) is 9.53 Å². The molecular weight excluding hydrogens is 370 g/mol. The minimum absolute atomic E-state index is 0.0252. The first-order chi connectivity index (χ1) is 13.9. The minimum Gasteiger partial charge on any atom is -0.491 e. The van der Waals surface area contributed by atoms with E-state index in [0.29, 0.717) is 30.2 Å². The number of benzene rings is 1. The highest BCUT2D eigenvalue weighted by atomic mass is 16.5. The first kappa shape index (κ1) is 21.6. The maximum absolute atomic E-state index is 13.2. The summed E-state index contributed by atoms with van der Waals surface area (Å²) in [6.45, 7) is 5.87. The van der Waals surface area contributed by atoms with E-state index in [1.165, 1.54) is 0 Å². The number of nitrogens with one attached hydrogen (secondary N) is 2. The summed E-state index contributed by atoms with van der Waals surface area (Å²) in [7, 11) is 3.45. The lowest BCUT2D eigenvalue weighted by Crippen LogP contribution is -2.44. The number of ether oxygens (including phenoxy) is 2. The molecular formula is C22H33N3O4. The average molecular weight is 404 g/mol. The summed E-state index contributed by atoms with van der Waals surface area (Å²) in [5.74, 6) is 0.734. The lowest BCUT2D eigenvalue weighted by molar-refractivity contribution is -0.122. The van der Waals surface area contributed by atoms with E-state index < -0.39 is 0 Å². The lowest BCUT2D eigenvalue weighted by atomic mass is 9.85. The first-order valence-corrected chi connectivity index (χ1v) is 10.5. The molecule has 0 radical (unpaired) electrons. The van der Waals surface area contributed by atoms with Crippen molar-refractivity contribution in [1.82, 2.24) is 10.2 Å². The summed E-state index contributed by atoms with van der Waals surface area (Å²) in [6.07, 6.45) is 2.89. The van der Waals surface area contributed by atoms with Crippen LogP contribution in [0.4, 0.5) is 5.69 Å². The fraction of sp³-hybridized carbons (Fsp3) is 0.636. The van der Waals surface area contributed by atoms with Gasteiger partial charge in [0.2, 0.25) is 5.91 Å². The molecule has 0 unspecified atom stereocenters. The van der Waals surface area contributed by atoms with E-state index >= 15 is 0 Å². The SMILES string of the molecule is CO[C@@H]1CN(C)C(=O)c2cc(NC(=O)C3CCC3)ccc2OC[C@@H](C)NC[C@@H]1C. The van der Waals surface area contributed by atoms with E-state index in [9.17, 15) is 9.59 Å². The van der Waals surface area contributed by atoms with Crippen LogP contribution in [0, 0.1) is 11.8 Å². The second kappa shape index (κ2) is 9.59. The van der Waals surface area contributed by atoms with Gasteiger partial charge in [0.15, 0.2) is 0 Å². The Morgan fingerprint density at radius 3 is 2.72 bits per heavy atom. The topological polar surface area (TPSA) is 79.9 Å². The molecule has 7 nitrogen and oxygen atoms in total. The monoisotopic (exact) mass is 403 g/mol. The normalized spacial score (nSPS) is 26.4. The number of carbonyl (C=O) groups is 2. The molecule has 1 fully saturated rings. The number of likely N-dealkylation sites (N-methyl/N-ethyl adjacent to an activating group) is 1. The molecule has 1 heterocycles. The summed E-state index contributed by atoms with van der Waals surface area (Å²) in [5, 5.41) is 6.42. The fourth-order valence-electron chi connectivity index (χ4n) is 3.65. The fourth-order valence-corrected chi connectivity index (χ4v) is 3.65. The second-order valence-electron chi connectivity index (χ2n) is 8.39. The zero-order valence-corrected chi connectivity index (χ0v) is 17.9. The van der Waals surface area contributed by atoms with Gasteiger partial charge < -0.3 is 25.0 Å². The Labute approximate surface area is 173 Å². The summed E-state index contributed by atoms with van der Waals surface area (Å²) in [5.41, 5.74) is 1.08. The molecule has 0 saturated heterocycles. The van der Waals surface area contributed by atoms with Crippen LogP contribution in [0.5, 0.6) is 5.75 Å². The van der Waals surface area contributed by atoms with Crippen LogP contribution in [0.25, 0.3) is 0 Å². The predicted octanol–water partition coefficient (Wildman–Crippen LogP) is 2.52. The number of hydrogen-bond acceptors (Lipinski definition) is 5. The van der Waals surface area contributed by atoms with Gasteiger partial charge in [-0.3, -0.25) is 9.59 Å². The van der Waals surface area contributed by atoms with Crippen molar-refractivity contribution in [2.75, 3.05) is 39.2 Å². The molecule has 1 aromatic rings. The van der Waals surface area contributed by atoms with Gasteiger partial charge in [0.25, 0.3) is 5.91 Å². The number of rotatable bonds is 3. The maximum Gasteiger partial charge on any atom is 0.257 e. The highest BCUT2D eigenvalue weighted by Crippen LogP contribution is 2.29. The molecule has 29 heavy (non-hydrogen) atoms. The summed E-state index contributed by atoms with van der Waals surface area (Å²) < 4.78 is 11.6. The summed E-state index contributed by atoms with van der Waals surface area (Å²) >= 11 is 0. The number of hydrogen-bond donors (Lipinski definition) is 2. The molecule has 1 aromatic carbocycles. The van der Waals surface area contributed by atoms with Crippen molar-refractivity contribution in [2.24, 2.45) is 11.8 Å². The standard InChI is InChI=1S/C22H33N3O4/c1-14-11-23-15(2)13-29-19-9-8-17(24-21(26)16-6-5-7-16)10-18(19)22(27)25(3)12-20(14)28-4/h8-10,14-16,20,23H,5-7,11-13H2,1-4H3,(H,24,26)/t14-,15+,20+/m0/s1. The molecule has 1 aliphatic carbocycles. The number of carbonyl (C=O) groups excluding carboxylic acids is 2. The smallest absolute Gasteiger partial charge is 0.257 e.